The third kappa shape index (κ3) is 2.22. The third-order valence-electron chi connectivity index (χ3n) is 1.56. The van der Waals surface area contributed by atoms with Crippen LogP contribution in [0.1, 0.15) is 18.9 Å². The number of carbonyl (C=O) groups is 1. The molecular weight excluding hydrogens is 176 g/mol. The lowest BCUT2D eigenvalue weighted by atomic mass is 10.4. The van der Waals surface area contributed by atoms with Gasteiger partial charge in [-0.15, -0.1) is 5.10 Å². The summed E-state index contributed by atoms with van der Waals surface area (Å²) in [5, 5.41) is 19.0. The van der Waals surface area contributed by atoms with E-state index in [1.54, 1.807) is 6.92 Å². The predicted octanol–water partition coefficient (Wildman–Crippen LogP) is -0.535. The number of carboxylic acid groups (broad SMARTS) is 1. The Bertz CT molecular complexity index is 298. The molecule has 1 heterocycles. The van der Waals surface area contributed by atoms with Gasteiger partial charge in [0.2, 0.25) is 0 Å². The molecule has 7 heteroatoms. The summed E-state index contributed by atoms with van der Waals surface area (Å²) in [5.41, 5.74) is 0. The second-order valence-corrected chi connectivity index (χ2v) is 2.47. The fraction of sp³-hybridized carbons (Fsp3) is 0.667. The summed E-state index contributed by atoms with van der Waals surface area (Å²) in [5.74, 6) is -0.582. The molecular formula is C6H10N4O3. The van der Waals surface area contributed by atoms with Gasteiger partial charge in [0.15, 0.2) is 5.82 Å². The summed E-state index contributed by atoms with van der Waals surface area (Å²) < 4.78 is 6.15. The van der Waals surface area contributed by atoms with Gasteiger partial charge in [-0.3, -0.25) is 4.79 Å². The van der Waals surface area contributed by atoms with Gasteiger partial charge in [-0.2, -0.15) is 0 Å². The quantitative estimate of drug-likeness (QED) is 0.679. The zero-order valence-electron chi connectivity index (χ0n) is 7.34. The summed E-state index contributed by atoms with van der Waals surface area (Å²) in [6.07, 6.45) is -0.311. The number of rotatable bonds is 4. The van der Waals surface area contributed by atoms with Crippen molar-refractivity contribution in [2.45, 2.75) is 19.6 Å². The molecule has 0 bridgehead atoms. The van der Waals surface area contributed by atoms with Gasteiger partial charge < -0.3 is 9.84 Å². The SMILES string of the molecule is COC(C)c1nnnn1CC(=O)O. The maximum absolute atomic E-state index is 10.4. The van der Waals surface area contributed by atoms with E-state index < -0.39 is 5.97 Å². The van der Waals surface area contributed by atoms with Crippen LogP contribution >= 0.6 is 0 Å². The predicted molar refractivity (Wildman–Crippen MR) is 40.9 cm³/mol. The van der Waals surface area contributed by atoms with Gasteiger partial charge in [0.1, 0.15) is 12.6 Å². The molecule has 0 radical (unpaired) electrons. The number of aliphatic carboxylic acids is 1. The highest BCUT2D eigenvalue weighted by molar-refractivity contribution is 5.66. The van der Waals surface area contributed by atoms with E-state index in [4.69, 9.17) is 9.84 Å². The third-order valence-corrected chi connectivity index (χ3v) is 1.56. The first-order valence-corrected chi connectivity index (χ1v) is 3.65. The minimum atomic E-state index is -0.989. The molecule has 0 amide bonds. The summed E-state index contributed by atoms with van der Waals surface area (Å²) >= 11 is 0. The molecule has 13 heavy (non-hydrogen) atoms. The largest absolute Gasteiger partial charge is 0.480 e. The van der Waals surface area contributed by atoms with Gasteiger partial charge >= 0.3 is 5.97 Å². The van der Waals surface area contributed by atoms with Crippen molar-refractivity contribution >= 4 is 5.97 Å². The van der Waals surface area contributed by atoms with E-state index in [1.807, 2.05) is 0 Å². The number of hydrogen-bond donors (Lipinski definition) is 1. The topological polar surface area (TPSA) is 90.1 Å². The van der Waals surface area contributed by atoms with Crippen molar-refractivity contribution in [2.24, 2.45) is 0 Å². The molecule has 1 N–H and O–H groups in total. The van der Waals surface area contributed by atoms with E-state index in [2.05, 4.69) is 15.5 Å². The van der Waals surface area contributed by atoms with Crippen LogP contribution in [0.15, 0.2) is 0 Å². The molecule has 0 aliphatic carbocycles. The Hall–Kier alpha value is -1.50. The number of hydrogen-bond acceptors (Lipinski definition) is 5. The Kier molecular flexibility index (Phi) is 2.91. The molecule has 1 aromatic rings. The van der Waals surface area contributed by atoms with E-state index in [0.29, 0.717) is 5.82 Å². The van der Waals surface area contributed by atoms with Gasteiger partial charge in [-0.1, -0.05) is 0 Å². The Morgan fingerprint density at radius 1 is 1.77 bits per heavy atom. The highest BCUT2D eigenvalue weighted by atomic mass is 16.5. The second-order valence-electron chi connectivity index (χ2n) is 2.47. The number of nitrogens with zero attached hydrogens (tertiary/aromatic N) is 4. The first-order valence-electron chi connectivity index (χ1n) is 3.65. The Morgan fingerprint density at radius 3 is 3.00 bits per heavy atom. The molecule has 72 valence electrons. The maximum Gasteiger partial charge on any atom is 0.325 e. The summed E-state index contributed by atoms with van der Waals surface area (Å²) in [6, 6.07) is 0. The van der Waals surface area contributed by atoms with Crippen molar-refractivity contribution in [2.75, 3.05) is 7.11 Å². The molecule has 0 aliphatic heterocycles. The van der Waals surface area contributed by atoms with Crippen LogP contribution in [-0.4, -0.2) is 38.4 Å². The summed E-state index contributed by atoms with van der Waals surface area (Å²) in [6.45, 7) is 1.49. The average Bonchev–Trinajstić information content (AvgIpc) is 2.50. The minimum Gasteiger partial charge on any atom is -0.480 e. The molecule has 0 aromatic carbocycles. The van der Waals surface area contributed by atoms with Crippen molar-refractivity contribution in [3.05, 3.63) is 5.82 Å². The van der Waals surface area contributed by atoms with Crippen LogP contribution in [0.4, 0.5) is 0 Å². The van der Waals surface area contributed by atoms with Gasteiger partial charge in [-0.25, -0.2) is 4.68 Å². The molecule has 1 aromatic heterocycles. The highest BCUT2D eigenvalue weighted by Gasteiger charge is 2.15. The van der Waals surface area contributed by atoms with Crippen molar-refractivity contribution in [3.8, 4) is 0 Å². The number of methoxy groups -OCH3 is 1. The maximum atomic E-state index is 10.4. The fourth-order valence-corrected chi connectivity index (χ4v) is 0.849. The first kappa shape index (κ1) is 9.59. The molecule has 0 saturated heterocycles. The second kappa shape index (κ2) is 3.94. The van der Waals surface area contributed by atoms with Crippen LogP contribution in [0.3, 0.4) is 0 Å². The Morgan fingerprint density at radius 2 is 2.46 bits per heavy atom. The smallest absolute Gasteiger partial charge is 0.325 e. The number of ether oxygens (including phenoxy) is 1. The average molecular weight is 186 g/mol. The van der Waals surface area contributed by atoms with E-state index in [1.165, 1.54) is 11.8 Å². The van der Waals surface area contributed by atoms with Crippen molar-refractivity contribution < 1.29 is 14.6 Å². The molecule has 1 atom stereocenters. The highest BCUT2D eigenvalue weighted by Crippen LogP contribution is 2.10. The molecule has 0 fully saturated rings. The number of aromatic nitrogens is 4. The summed E-state index contributed by atoms with van der Waals surface area (Å²) in [7, 11) is 1.50. The van der Waals surface area contributed by atoms with Gasteiger partial charge in [-0.05, 0) is 17.4 Å². The monoisotopic (exact) mass is 186 g/mol. The van der Waals surface area contributed by atoms with Crippen LogP contribution in [0.25, 0.3) is 0 Å². The lowest BCUT2D eigenvalue weighted by Gasteiger charge is -2.07. The van der Waals surface area contributed by atoms with Crippen molar-refractivity contribution in [1.29, 1.82) is 0 Å². The van der Waals surface area contributed by atoms with E-state index >= 15 is 0 Å². The lowest BCUT2D eigenvalue weighted by Crippen LogP contribution is -2.15. The van der Waals surface area contributed by atoms with Crippen molar-refractivity contribution in [3.63, 3.8) is 0 Å². The molecule has 7 nitrogen and oxygen atoms in total. The summed E-state index contributed by atoms with van der Waals surface area (Å²) in [4.78, 5) is 10.4. The normalized spacial score (nSPS) is 12.8. The lowest BCUT2D eigenvalue weighted by molar-refractivity contribution is -0.138. The van der Waals surface area contributed by atoms with Crippen LogP contribution < -0.4 is 0 Å². The van der Waals surface area contributed by atoms with Gasteiger partial charge in [0.25, 0.3) is 0 Å². The molecule has 1 unspecified atom stereocenters. The van der Waals surface area contributed by atoms with Crippen LogP contribution in [0.5, 0.6) is 0 Å². The Labute approximate surface area is 74.3 Å². The zero-order valence-corrected chi connectivity index (χ0v) is 7.34. The fourth-order valence-electron chi connectivity index (χ4n) is 0.849. The van der Waals surface area contributed by atoms with E-state index in [9.17, 15) is 4.79 Å². The molecule has 1 rings (SSSR count). The molecule has 0 saturated carbocycles. The van der Waals surface area contributed by atoms with E-state index in [-0.39, 0.29) is 12.6 Å². The number of tetrazole rings is 1. The molecule has 0 spiro atoms. The van der Waals surface area contributed by atoms with Crippen LogP contribution in [0.2, 0.25) is 0 Å². The van der Waals surface area contributed by atoms with Gasteiger partial charge in [0, 0.05) is 7.11 Å². The van der Waals surface area contributed by atoms with Crippen LogP contribution in [-0.2, 0) is 16.1 Å². The standard InChI is InChI=1S/C6H10N4O3/c1-4(13-2)6-7-8-9-10(6)3-5(11)12/h4H,3H2,1-2H3,(H,11,12). The van der Waals surface area contributed by atoms with Gasteiger partial charge in [0.05, 0.1) is 0 Å². The minimum absolute atomic E-state index is 0.254. The van der Waals surface area contributed by atoms with E-state index in [0.717, 1.165) is 0 Å². The molecule has 0 aliphatic rings. The first-order chi connectivity index (χ1) is 6.15. The Balaban J connectivity index is 2.82. The van der Waals surface area contributed by atoms with Crippen molar-refractivity contribution in [1.82, 2.24) is 20.2 Å². The van der Waals surface area contributed by atoms with Crippen LogP contribution in [0, 0.1) is 0 Å². The zero-order chi connectivity index (χ0) is 9.84. The number of carboxylic acids is 1.